The van der Waals surface area contributed by atoms with Crippen molar-refractivity contribution in [2.75, 3.05) is 13.7 Å². The van der Waals surface area contributed by atoms with Crippen LogP contribution < -0.4 is 10.1 Å². The summed E-state index contributed by atoms with van der Waals surface area (Å²) in [5.41, 5.74) is -0.481. The summed E-state index contributed by atoms with van der Waals surface area (Å²) in [5, 5.41) is 12.5. The maximum absolute atomic E-state index is 11.9. The molecule has 2 N–H and O–H groups in total. The Balaban J connectivity index is 2.70. The lowest BCUT2D eigenvalue weighted by Crippen LogP contribution is -2.40. The summed E-state index contributed by atoms with van der Waals surface area (Å²) in [6.07, 6.45) is 3.57. The average Bonchev–Trinajstić information content (AvgIpc) is 2.36. The number of aliphatic hydroxyl groups is 1. The van der Waals surface area contributed by atoms with Crippen molar-refractivity contribution in [3.8, 4) is 5.75 Å². The van der Waals surface area contributed by atoms with Gasteiger partial charge in [-0.3, -0.25) is 9.78 Å². The second-order valence-corrected chi connectivity index (χ2v) is 4.11. The Hall–Kier alpha value is -1.62. The van der Waals surface area contributed by atoms with Gasteiger partial charge in [0.2, 0.25) is 0 Å². The molecule has 0 fully saturated rings. The zero-order valence-corrected chi connectivity index (χ0v) is 10.4. The molecule has 1 unspecified atom stereocenters. The molecule has 0 aliphatic heterocycles. The zero-order chi connectivity index (χ0) is 12.9. The first-order valence-electron chi connectivity index (χ1n) is 5.48. The third kappa shape index (κ3) is 3.71. The number of aromatic nitrogens is 1. The molecule has 1 aromatic heterocycles. The number of hydrogen-bond acceptors (Lipinski definition) is 4. The number of ether oxygens (including phenoxy) is 1. The van der Waals surface area contributed by atoms with Gasteiger partial charge in [0.25, 0.3) is 5.91 Å². The number of amides is 1. The van der Waals surface area contributed by atoms with E-state index < -0.39 is 5.60 Å². The highest BCUT2D eigenvalue weighted by Gasteiger charge is 2.20. The summed E-state index contributed by atoms with van der Waals surface area (Å²) in [4.78, 5) is 15.7. The monoisotopic (exact) mass is 238 g/mol. The van der Waals surface area contributed by atoms with Crippen molar-refractivity contribution in [3.63, 3.8) is 0 Å². The number of pyridine rings is 1. The molecule has 1 aromatic rings. The van der Waals surface area contributed by atoms with Gasteiger partial charge in [-0.2, -0.15) is 0 Å². The van der Waals surface area contributed by atoms with Gasteiger partial charge >= 0.3 is 0 Å². The molecule has 5 heteroatoms. The van der Waals surface area contributed by atoms with Gasteiger partial charge in [-0.1, -0.05) is 6.92 Å². The molecular formula is C12H18N2O3. The summed E-state index contributed by atoms with van der Waals surface area (Å²) in [5.74, 6) is 0.138. The first kappa shape index (κ1) is 13.4. The summed E-state index contributed by atoms with van der Waals surface area (Å²) in [6, 6.07) is 1.58. The molecular weight excluding hydrogens is 220 g/mol. The van der Waals surface area contributed by atoms with E-state index in [0.717, 1.165) is 0 Å². The highest BCUT2D eigenvalue weighted by atomic mass is 16.5. The molecule has 0 bridgehead atoms. The van der Waals surface area contributed by atoms with Crippen LogP contribution in [0.1, 0.15) is 30.6 Å². The van der Waals surface area contributed by atoms with E-state index in [0.29, 0.717) is 17.7 Å². The van der Waals surface area contributed by atoms with Gasteiger partial charge in [-0.15, -0.1) is 0 Å². The molecule has 0 spiro atoms. The minimum Gasteiger partial charge on any atom is -0.494 e. The second-order valence-electron chi connectivity index (χ2n) is 4.11. The van der Waals surface area contributed by atoms with E-state index in [1.807, 2.05) is 6.92 Å². The van der Waals surface area contributed by atoms with Crippen molar-refractivity contribution >= 4 is 5.91 Å². The van der Waals surface area contributed by atoms with Gasteiger partial charge in [-0.25, -0.2) is 0 Å². The molecule has 0 saturated heterocycles. The maximum atomic E-state index is 11.9. The summed E-state index contributed by atoms with van der Waals surface area (Å²) >= 11 is 0. The smallest absolute Gasteiger partial charge is 0.255 e. The van der Waals surface area contributed by atoms with Crippen molar-refractivity contribution in [3.05, 3.63) is 24.0 Å². The van der Waals surface area contributed by atoms with E-state index in [-0.39, 0.29) is 12.5 Å². The Labute approximate surface area is 101 Å². The zero-order valence-electron chi connectivity index (χ0n) is 10.4. The van der Waals surface area contributed by atoms with Gasteiger partial charge in [0.15, 0.2) is 0 Å². The number of nitrogens with zero attached hydrogens (tertiary/aromatic N) is 1. The normalized spacial score (nSPS) is 13.9. The van der Waals surface area contributed by atoms with E-state index in [1.54, 1.807) is 13.0 Å². The molecule has 0 aliphatic carbocycles. The first-order valence-corrected chi connectivity index (χ1v) is 5.48. The number of carbonyl (C=O) groups is 1. The fourth-order valence-electron chi connectivity index (χ4n) is 1.22. The average molecular weight is 238 g/mol. The van der Waals surface area contributed by atoms with E-state index in [4.69, 9.17) is 4.74 Å². The lowest BCUT2D eigenvalue weighted by atomic mass is 10.0. The van der Waals surface area contributed by atoms with Crippen molar-refractivity contribution in [2.45, 2.75) is 25.9 Å². The maximum Gasteiger partial charge on any atom is 0.255 e. The quantitative estimate of drug-likeness (QED) is 0.802. The van der Waals surface area contributed by atoms with E-state index >= 15 is 0 Å². The largest absolute Gasteiger partial charge is 0.494 e. The van der Waals surface area contributed by atoms with Gasteiger partial charge in [0.05, 0.1) is 24.5 Å². The Morgan fingerprint density at radius 3 is 2.94 bits per heavy atom. The summed E-state index contributed by atoms with van der Waals surface area (Å²) < 4.78 is 5.04. The van der Waals surface area contributed by atoms with Crippen LogP contribution in [-0.4, -0.2) is 35.3 Å². The van der Waals surface area contributed by atoms with Gasteiger partial charge in [0.1, 0.15) is 5.75 Å². The van der Waals surface area contributed by atoms with Crippen LogP contribution in [0.5, 0.6) is 5.75 Å². The van der Waals surface area contributed by atoms with E-state index in [1.165, 1.54) is 19.5 Å². The Bertz CT molecular complexity index is 391. The van der Waals surface area contributed by atoms with E-state index in [2.05, 4.69) is 10.3 Å². The predicted molar refractivity (Wildman–Crippen MR) is 64.0 cm³/mol. The lowest BCUT2D eigenvalue weighted by Gasteiger charge is -2.21. The SMILES string of the molecule is CCC(C)(O)CNC(=O)c1ccncc1OC. The molecule has 5 nitrogen and oxygen atoms in total. The molecule has 1 amide bonds. The molecule has 1 atom stereocenters. The van der Waals surface area contributed by atoms with Crippen molar-refractivity contribution in [2.24, 2.45) is 0 Å². The molecule has 0 aliphatic rings. The van der Waals surface area contributed by atoms with Crippen LogP contribution in [0, 0.1) is 0 Å². The fourth-order valence-corrected chi connectivity index (χ4v) is 1.22. The van der Waals surface area contributed by atoms with Crippen LogP contribution in [0.3, 0.4) is 0 Å². The Kier molecular flexibility index (Phi) is 4.45. The van der Waals surface area contributed by atoms with Gasteiger partial charge in [0, 0.05) is 12.7 Å². The number of hydrogen-bond donors (Lipinski definition) is 2. The molecule has 0 aromatic carbocycles. The number of carbonyl (C=O) groups excluding carboxylic acids is 1. The van der Waals surface area contributed by atoms with Crippen LogP contribution in [0.4, 0.5) is 0 Å². The molecule has 1 rings (SSSR count). The van der Waals surface area contributed by atoms with Crippen LogP contribution in [0.25, 0.3) is 0 Å². The highest BCUT2D eigenvalue weighted by molar-refractivity contribution is 5.96. The number of rotatable bonds is 5. The second kappa shape index (κ2) is 5.63. The number of nitrogens with one attached hydrogen (secondary N) is 1. The fraction of sp³-hybridized carbons (Fsp3) is 0.500. The first-order chi connectivity index (χ1) is 8.00. The minimum absolute atomic E-state index is 0.202. The minimum atomic E-state index is -0.893. The van der Waals surface area contributed by atoms with Crippen LogP contribution in [0.2, 0.25) is 0 Å². The Morgan fingerprint density at radius 1 is 1.65 bits per heavy atom. The summed E-state index contributed by atoms with van der Waals surface area (Å²) in [7, 11) is 1.48. The van der Waals surface area contributed by atoms with Crippen molar-refractivity contribution in [1.29, 1.82) is 0 Å². The molecule has 94 valence electrons. The molecule has 17 heavy (non-hydrogen) atoms. The van der Waals surface area contributed by atoms with Gasteiger partial charge in [-0.05, 0) is 19.4 Å². The van der Waals surface area contributed by atoms with Gasteiger partial charge < -0.3 is 15.2 Å². The third-order valence-corrected chi connectivity index (χ3v) is 2.64. The topological polar surface area (TPSA) is 71.5 Å². The third-order valence-electron chi connectivity index (χ3n) is 2.64. The standard InChI is InChI=1S/C12H18N2O3/c1-4-12(2,16)8-14-11(15)9-5-6-13-7-10(9)17-3/h5-7,16H,4,8H2,1-3H3,(H,14,15). The van der Waals surface area contributed by atoms with Crippen LogP contribution >= 0.6 is 0 Å². The summed E-state index contributed by atoms with van der Waals surface area (Å²) in [6.45, 7) is 3.74. The predicted octanol–water partition coefficient (Wildman–Crippen LogP) is 0.981. The molecule has 1 heterocycles. The lowest BCUT2D eigenvalue weighted by molar-refractivity contribution is 0.0517. The highest BCUT2D eigenvalue weighted by Crippen LogP contribution is 2.15. The van der Waals surface area contributed by atoms with Crippen molar-refractivity contribution in [1.82, 2.24) is 10.3 Å². The van der Waals surface area contributed by atoms with E-state index in [9.17, 15) is 9.90 Å². The van der Waals surface area contributed by atoms with Crippen LogP contribution in [-0.2, 0) is 0 Å². The number of methoxy groups -OCH3 is 1. The Morgan fingerprint density at radius 2 is 2.35 bits per heavy atom. The molecule has 0 radical (unpaired) electrons. The van der Waals surface area contributed by atoms with Crippen LogP contribution in [0.15, 0.2) is 18.5 Å². The van der Waals surface area contributed by atoms with Crippen molar-refractivity contribution < 1.29 is 14.6 Å². The molecule has 0 saturated carbocycles.